The predicted molar refractivity (Wildman–Crippen MR) is 83.4 cm³/mol. The second-order valence-electron chi connectivity index (χ2n) is 4.71. The van der Waals surface area contributed by atoms with Crippen LogP contribution in [0.15, 0.2) is 24.8 Å². The first-order valence-corrected chi connectivity index (χ1v) is 7.44. The Hall–Kier alpha value is -2.61. The Kier molecular flexibility index (Phi) is 3.68. The number of carbonyl (C=O) groups is 1. The van der Waals surface area contributed by atoms with Gasteiger partial charge in [0.2, 0.25) is 0 Å². The van der Waals surface area contributed by atoms with Crippen molar-refractivity contribution in [3.63, 3.8) is 0 Å². The molecule has 7 nitrogen and oxygen atoms in total. The van der Waals surface area contributed by atoms with Crippen molar-refractivity contribution in [2.75, 3.05) is 5.32 Å². The topological polar surface area (TPSA) is 85.6 Å². The standard InChI is InChI=1S/C14H14N6OS/c1-8-13(22-10(3)18-8)14(21)19-11-6-12(17-7-16-11)20-5-4-15-9(20)2/h4-7H,1-3H3,(H,16,17,19,21). The van der Waals surface area contributed by atoms with Crippen LogP contribution in [0.25, 0.3) is 5.82 Å². The smallest absolute Gasteiger partial charge is 0.268 e. The summed E-state index contributed by atoms with van der Waals surface area (Å²) in [7, 11) is 0. The van der Waals surface area contributed by atoms with E-state index in [0.717, 1.165) is 16.5 Å². The van der Waals surface area contributed by atoms with Gasteiger partial charge in [0, 0.05) is 18.5 Å². The summed E-state index contributed by atoms with van der Waals surface area (Å²) >= 11 is 1.36. The average Bonchev–Trinajstić information content (AvgIpc) is 3.04. The third-order valence-electron chi connectivity index (χ3n) is 3.08. The molecule has 3 aromatic heterocycles. The minimum absolute atomic E-state index is 0.213. The lowest BCUT2D eigenvalue weighted by atomic mass is 10.3. The minimum atomic E-state index is -0.213. The molecule has 0 aliphatic carbocycles. The molecule has 0 spiro atoms. The Balaban J connectivity index is 1.86. The SMILES string of the molecule is Cc1nc(C)c(C(=O)Nc2cc(-n3ccnc3C)ncn2)s1. The van der Waals surface area contributed by atoms with Crippen LogP contribution in [0.3, 0.4) is 0 Å². The van der Waals surface area contributed by atoms with Crippen LogP contribution in [-0.2, 0) is 0 Å². The molecule has 112 valence electrons. The molecule has 0 unspecified atom stereocenters. The third-order valence-corrected chi connectivity index (χ3v) is 4.15. The number of anilines is 1. The number of thiazole rings is 1. The fourth-order valence-electron chi connectivity index (χ4n) is 2.08. The maximum atomic E-state index is 12.3. The van der Waals surface area contributed by atoms with Gasteiger partial charge in [-0.3, -0.25) is 9.36 Å². The van der Waals surface area contributed by atoms with E-state index in [2.05, 4.69) is 25.3 Å². The normalized spacial score (nSPS) is 10.7. The monoisotopic (exact) mass is 314 g/mol. The molecule has 1 N–H and O–H groups in total. The van der Waals surface area contributed by atoms with Gasteiger partial charge in [-0.25, -0.2) is 19.9 Å². The molecule has 0 aliphatic rings. The maximum Gasteiger partial charge on any atom is 0.268 e. The van der Waals surface area contributed by atoms with Crippen LogP contribution in [0.4, 0.5) is 5.82 Å². The van der Waals surface area contributed by atoms with Gasteiger partial charge >= 0.3 is 0 Å². The summed E-state index contributed by atoms with van der Waals surface area (Å²) in [5.74, 6) is 1.69. The van der Waals surface area contributed by atoms with Gasteiger partial charge in [-0.1, -0.05) is 0 Å². The van der Waals surface area contributed by atoms with Crippen LogP contribution in [-0.4, -0.2) is 30.4 Å². The van der Waals surface area contributed by atoms with E-state index in [9.17, 15) is 4.79 Å². The van der Waals surface area contributed by atoms with Crippen molar-refractivity contribution in [3.05, 3.63) is 46.2 Å². The number of hydrogen-bond acceptors (Lipinski definition) is 6. The molecule has 3 rings (SSSR count). The van der Waals surface area contributed by atoms with Crippen LogP contribution in [0.2, 0.25) is 0 Å². The molecule has 0 aliphatic heterocycles. The lowest BCUT2D eigenvalue weighted by molar-refractivity contribution is 0.102. The summed E-state index contributed by atoms with van der Waals surface area (Å²) in [6.45, 7) is 5.57. The minimum Gasteiger partial charge on any atom is -0.306 e. The Labute approximate surface area is 131 Å². The summed E-state index contributed by atoms with van der Waals surface area (Å²) in [6, 6.07) is 1.70. The summed E-state index contributed by atoms with van der Waals surface area (Å²) in [5.41, 5.74) is 0.722. The van der Waals surface area contributed by atoms with E-state index >= 15 is 0 Å². The van der Waals surface area contributed by atoms with E-state index in [-0.39, 0.29) is 5.91 Å². The van der Waals surface area contributed by atoms with Crippen molar-refractivity contribution < 1.29 is 4.79 Å². The van der Waals surface area contributed by atoms with Gasteiger partial charge in [-0.05, 0) is 20.8 Å². The highest BCUT2D eigenvalue weighted by Crippen LogP contribution is 2.19. The number of nitrogens with one attached hydrogen (secondary N) is 1. The van der Waals surface area contributed by atoms with E-state index < -0.39 is 0 Å². The van der Waals surface area contributed by atoms with Crippen LogP contribution < -0.4 is 5.32 Å². The summed E-state index contributed by atoms with van der Waals surface area (Å²) in [6.07, 6.45) is 4.91. The Bertz CT molecular complexity index is 837. The van der Waals surface area contributed by atoms with Crippen molar-refractivity contribution in [3.8, 4) is 5.82 Å². The number of aryl methyl sites for hydroxylation is 3. The van der Waals surface area contributed by atoms with Crippen LogP contribution in [0.1, 0.15) is 26.2 Å². The molecule has 0 fully saturated rings. The fourth-order valence-corrected chi connectivity index (χ4v) is 2.90. The van der Waals surface area contributed by atoms with E-state index in [1.807, 2.05) is 25.3 Å². The van der Waals surface area contributed by atoms with E-state index in [0.29, 0.717) is 16.5 Å². The summed E-state index contributed by atoms with van der Waals surface area (Å²) < 4.78 is 1.82. The summed E-state index contributed by atoms with van der Waals surface area (Å²) in [5, 5.41) is 3.64. The molecule has 0 radical (unpaired) electrons. The molecule has 0 aromatic carbocycles. The molecule has 0 saturated carbocycles. The molecule has 3 heterocycles. The van der Waals surface area contributed by atoms with Crippen molar-refractivity contribution in [1.29, 1.82) is 0 Å². The molecule has 22 heavy (non-hydrogen) atoms. The van der Waals surface area contributed by atoms with Crippen molar-refractivity contribution >= 4 is 23.1 Å². The number of amides is 1. The van der Waals surface area contributed by atoms with Crippen molar-refractivity contribution in [1.82, 2.24) is 24.5 Å². The van der Waals surface area contributed by atoms with Gasteiger partial charge in [0.1, 0.15) is 28.7 Å². The zero-order valence-electron chi connectivity index (χ0n) is 12.4. The van der Waals surface area contributed by atoms with Gasteiger partial charge in [-0.2, -0.15) is 0 Å². The van der Waals surface area contributed by atoms with Gasteiger partial charge in [-0.15, -0.1) is 11.3 Å². The second kappa shape index (κ2) is 5.64. The first-order valence-electron chi connectivity index (χ1n) is 6.62. The second-order valence-corrected chi connectivity index (χ2v) is 5.91. The highest BCUT2D eigenvalue weighted by molar-refractivity contribution is 7.13. The number of nitrogens with zero attached hydrogens (tertiary/aromatic N) is 5. The zero-order chi connectivity index (χ0) is 15.7. The largest absolute Gasteiger partial charge is 0.306 e. The van der Waals surface area contributed by atoms with E-state index in [4.69, 9.17) is 0 Å². The molecular weight excluding hydrogens is 300 g/mol. The Morgan fingerprint density at radius 3 is 2.68 bits per heavy atom. The van der Waals surface area contributed by atoms with E-state index in [1.54, 1.807) is 18.5 Å². The first kappa shape index (κ1) is 14.3. The average molecular weight is 314 g/mol. The summed E-state index contributed by atoms with van der Waals surface area (Å²) in [4.78, 5) is 29.6. The molecule has 8 heteroatoms. The number of imidazole rings is 1. The van der Waals surface area contributed by atoms with Gasteiger partial charge in [0.15, 0.2) is 0 Å². The number of hydrogen-bond donors (Lipinski definition) is 1. The van der Waals surface area contributed by atoms with Gasteiger partial charge in [0.25, 0.3) is 5.91 Å². The quantitative estimate of drug-likeness (QED) is 0.801. The Morgan fingerprint density at radius 2 is 2.05 bits per heavy atom. The van der Waals surface area contributed by atoms with Crippen molar-refractivity contribution in [2.24, 2.45) is 0 Å². The maximum absolute atomic E-state index is 12.3. The van der Waals surface area contributed by atoms with Crippen LogP contribution >= 0.6 is 11.3 Å². The molecule has 0 atom stereocenters. The van der Waals surface area contributed by atoms with E-state index in [1.165, 1.54) is 17.7 Å². The fraction of sp³-hybridized carbons (Fsp3) is 0.214. The zero-order valence-corrected chi connectivity index (χ0v) is 13.2. The predicted octanol–water partition coefficient (Wildman–Crippen LogP) is 2.30. The number of rotatable bonds is 3. The first-order chi connectivity index (χ1) is 10.5. The highest BCUT2D eigenvalue weighted by atomic mass is 32.1. The van der Waals surface area contributed by atoms with Crippen molar-refractivity contribution in [2.45, 2.75) is 20.8 Å². The van der Waals surface area contributed by atoms with Gasteiger partial charge < -0.3 is 5.32 Å². The lowest BCUT2D eigenvalue weighted by Crippen LogP contribution is -2.13. The van der Waals surface area contributed by atoms with Crippen LogP contribution in [0.5, 0.6) is 0 Å². The van der Waals surface area contributed by atoms with Crippen LogP contribution in [0, 0.1) is 20.8 Å². The molecule has 0 bridgehead atoms. The third kappa shape index (κ3) is 2.73. The highest BCUT2D eigenvalue weighted by Gasteiger charge is 2.15. The van der Waals surface area contributed by atoms with Gasteiger partial charge in [0.05, 0.1) is 10.7 Å². The Morgan fingerprint density at radius 1 is 1.23 bits per heavy atom. The molecular formula is C14H14N6OS. The number of carbonyl (C=O) groups excluding carboxylic acids is 1. The molecule has 1 amide bonds. The molecule has 3 aromatic rings. The number of aromatic nitrogens is 5. The lowest BCUT2D eigenvalue weighted by Gasteiger charge is -2.07. The molecule has 0 saturated heterocycles.